The van der Waals surface area contributed by atoms with Crippen LogP contribution in [0.2, 0.25) is 5.02 Å². The van der Waals surface area contributed by atoms with Crippen molar-refractivity contribution >= 4 is 34.6 Å². The fourth-order valence-electron chi connectivity index (χ4n) is 3.78. The summed E-state index contributed by atoms with van der Waals surface area (Å²) in [7, 11) is 0. The first-order chi connectivity index (χ1) is 16.5. The number of H-pyrrole nitrogens is 1. The molecule has 0 radical (unpaired) electrons. The van der Waals surface area contributed by atoms with Crippen molar-refractivity contribution in [3.63, 3.8) is 0 Å². The number of esters is 1. The number of oxazole rings is 1. The molecule has 2 heterocycles. The molecule has 1 unspecified atom stereocenters. The Labute approximate surface area is 208 Å². The second kappa shape index (κ2) is 9.26. The molecule has 2 aromatic heterocycles. The molecule has 0 aliphatic heterocycles. The maximum atomic E-state index is 12.5. The fraction of sp³-hybridized carbons (Fsp3) is 0.346. The predicted octanol–water partition coefficient (Wildman–Crippen LogP) is 5.36. The van der Waals surface area contributed by atoms with Gasteiger partial charge in [0.2, 0.25) is 5.95 Å². The molecule has 4 aromatic rings. The largest absolute Gasteiger partial charge is 0.462 e. The second-order valence-corrected chi connectivity index (χ2v) is 10.4. The number of nitrogens with zero attached hydrogens (tertiary/aromatic N) is 2. The number of ether oxygens (including phenoxy) is 1. The van der Waals surface area contributed by atoms with E-state index in [-0.39, 0.29) is 18.3 Å². The molecule has 0 spiro atoms. The summed E-state index contributed by atoms with van der Waals surface area (Å²) in [6, 6.07) is 13.3. The van der Waals surface area contributed by atoms with Crippen LogP contribution in [0.1, 0.15) is 44.5 Å². The van der Waals surface area contributed by atoms with Gasteiger partial charge in [0.1, 0.15) is 12.9 Å². The van der Waals surface area contributed by atoms with Gasteiger partial charge in [-0.15, -0.1) is 0 Å². The monoisotopic (exact) mass is 495 g/mol. The average molecular weight is 496 g/mol. The minimum absolute atomic E-state index is 0.0830. The summed E-state index contributed by atoms with van der Waals surface area (Å²) in [5.74, 6) is 0.236. The predicted molar refractivity (Wildman–Crippen MR) is 135 cm³/mol. The quantitative estimate of drug-likeness (QED) is 0.299. The lowest BCUT2D eigenvalue weighted by Crippen LogP contribution is -2.39. The number of anilines is 1. The number of carbonyl (C=O) groups is 1. The molecule has 0 amide bonds. The first-order valence-electron chi connectivity index (χ1n) is 11.3. The number of para-hydroxylation sites is 1. The van der Waals surface area contributed by atoms with Crippen molar-refractivity contribution < 1.29 is 13.9 Å². The Morgan fingerprint density at radius 2 is 1.97 bits per heavy atom. The number of hydrogen-bond donors (Lipinski definition) is 3. The summed E-state index contributed by atoms with van der Waals surface area (Å²) in [6.07, 6.45) is 1.56. The maximum Gasteiger partial charge on any atom is 0.311 e. The van der Waals surface area contributed by atoms with Crippen LogP contribution in [-0.4, -0.2) is 27.1 Å². The topological polar surface area (TPSA) is 109 Å². The zero-order valence-electron chi connectivity index (χ0n) is 20.5. The molecule has 1 atom stereocenters. The van der Waals surface area contributed by atoms with Crippen molar-refractivity contribution in [2.24, 2.45) is 5.41 Å². The maximum absolute atomic E-state index is 12.5. The Morgan fingerprint density at radius 1 is 1.23 bits per heavy atom. The lowest BCUT2D eigenvalue weighted by Gasteiger charge is -2.32. The van der Waals surface area contributed by atoms with E-state index in [2.05, 4.69) is 10.3 Å². The molecule has 35 heavy (non-hydrogen) atoms. The van der Waals surface area contributed by atoms with E-state index in [1.165, 1.54) is 0 Å². The van der Waals surface area contributed by atoms with Crippen LogP contribution in [0.25, 0.3) is 11.0 Å². The van der Waals surface area contributed by atoms with Gasteiger partial charge < -0.3 is 19.5 Å². The van der Waals surface area contributed by atoms with Gasteiger partial charge in [0, 0.05) is 5.02 Å². The van der Waals surface area contributed by atoms with Gasteiger partial charge in [-0.1, -0.05) is 35.9 Å². The van der Waals surface area contributed by atoms with E-state index in [1.54, 1.807) is 16.9 Å². The highest BCUT2D eigenvalue weighted by Gasteiger charge is 2.32. The Morgan fingerprint density at radius 3 is 2.63 bits per heavy atom. The molecule has 184 valence electrons. The van der Waals surface area contributed by atoms with Crippen LogP contribution in [0.4, 0.5) is 5.95 Å². The van der Waals surface area contributed by atoms with E-state index in [0.29, 0.717) is 17.5 Å². The first kappa shape index (κ1) is 24.6. The molecule has 0 saturated heterocycles. The number of hydrogen-bond acceptors (Lipinski definition) is 6. The van der Waals surface area contributed by atoms with Crippen molar-refractivity contribution in [2.75, 3.05) is 11.9 Å². The molecule has 9 heteroatoms. The van der Waals surface area contributed by atoms with Crippen LogP contribution < -0.4 is 11.0 Å². The number of halogens is 1. The van der Waals surface area contributed by atoms with E-state index in [0.717, 1.165) is 27.9 Å². The summed E-state index contributed by atoms with van der Waals surface area (Å²) in [5, 5.41) is 12.0. The molecule has 2 aromatic carbocycles. The number of benzene rings is 2. The van der Waals surface area contributed by atoms with Crippen molar-refractivity contribution in [1.29, 1.82) is 5.41 Å². The van der Waals surface area contributed by atoms with Gasteiger partial charge in [-0.25, -0.2) is 4.98 Å². The molecule has 0 aliphatic rings. The smallest absolute Gasteiger partial charge is 0.311 e. The van der Waals surface area contributed by atoms with E-state index >= 15 is 0 Å². The Bertz CT molecular complexity index is 1430. The average Bonchev–Trinajstić information content (AvgIpc) is 3.34. The van der Waals surface area contributed by atoms with Crippen LogP contribution in [0.15, 0.2) is 53.1 Å². The van der Waals surface area contributed by atoms with Crippen LogP contribution in [0.3, 0.4) is 0 Å². The van der Waals surface area contributed by atoms with Crippen molar-refractivity contribution in [3.8, 4) is 0 Å². The third kappa shape index (κ3) is 5.27. The molecule has 4 rings (SSSR count). The van der Waals surface area contributed by atoms with Crippen molar-refractivity contribution in [2.45, 2.75) is 46.7 Å². The number of rotatable bonds is 7. The van der Waals surface area contributed by atoms with Gasteiger partial charge in [-0.3, -0.25) is 14.8 Å². The van der Waals surface area contributed by atoms with Crippen LogP contribution in [-0.2, 0) is 21.6 Å². The molecule has 0 bridgehead atoms. The third-order valence-electron chi connectivity index (χ3n) is 5.90. The zero-order chi connectivity index (χ0) is 25.4. The molecular weight excluding hydrogens is 466 g/mol. The van der Waals surface area contributed by atoms with Gasteiger partial charge in [-0.2, -0.15) is 0 Å². The number of fused-ring (bicyclic) bond motifs is 1. The van der Waals surface area contributed by atoms with E-state index in [1.807, 2.05) is 71.0 Å². The van der Waals surface area contributed by atoms with Crippen LogP contribution >= 0.6 is 11.6 Å². The molecule has 8 nitrogen and oxygen atoms in total. The van der Waals surface area contributed by atoms with Gasteiger partial charge in [0.25, 0.3) is 5.68 Å². The summed E-state index contributed by atoms with van der Waals surface area (Å²) in [4.78, 5) is 20.7. The van der Waals surface area contributed by atoms with E-state index in [4.69, 9.17) is 31.1 Å². The second-order valence-electron chi connectivity index (χ2n) is 9.96. The fourth-order valence-corrected chi connectivity index (χ4v) is 3.97. The molecule has 0 saturated carbocycles. The van der Waals surface area contributed by atoms with Gasteiger partial charge in [-0.05, 0) is 63.9 Å². The van der Waals surface area contributed by atoms with Crippen LogP contribution in [0, 0.1) is 17.7 Å². The Hall–Kier alpha value is -3.52. The highest BCUT2D eigenvalue weighted by molar-refractivity contribution is 6.30. The molecule has 0 aliphatic carbocycles. The summed E-state index contributed by atoms with van der Waals surface area (Å²) in [6.45, 7) is 9.85. The van der Waals surface area contributed by atoms with E-state index < -0.39 is 11.0 Å². The van der Waals surface area contributed by atoms with Crippen molar-refractivity contribution in [1.82, 2.24) is 14.5 Å². The number of nitrogens with one attached hydrogen (secondary N) is 3. The summed E-state index contributed by atoms with van der Waals surface area (Å²) in [5.41, 5.74) is 2.95. The molecule has 0 fully saturated rings. The SMILES string of the molecule is Cc1coc(=N)n1Cc1cccc2[nH]c(NC(C)(COC(=O)C(C)(C)C)c3cccc(Cl)c3)nc12. The van der Waals surface area contributed by atoms with Gasteiger partial charge >= 0.3 is 5.97 Å². The van der Waals surface area contributed by atoms with E-state index in [9.17, 15) is 4.79 Å². The highest BCUT2D eigenvalue weighted by atomic mass is 35.5. The first-order valence-corrected chi connectivity index (χ1v) is 11.7. The lowest BCUT2D eigenvalue weighted by atomic mass is 9.92. The number of aromatic amines is 1. The third-order valence-corrected chi connectivity index (χ3v) is 6.13. The van der Waals surface area contributed by atoms with Gasteiger partial charge in [0.15, 0.2) is 0 Å². The minimum atomic E-state index is -0.801. The molecule has 3 N–H and O–H groups in total. The van der Waals surface area contributed by atoms with Crippen molar-refractivity contribution in [3.05, 3.63) is 76.3 Å². The highest BCUT2D eigenvalue weighted by Crippen LogP contribution is 2.30. The van der Waals surface area contributed by atoms with Gasteiger partial charge in [0.05, 0.1) is 34.2 Å². The standard InChI is InChI=1S/C26H30ClN5O3/c1-16-14-34-23(28)32(16)13-17-8-6-11-20-21(17)30-24(29-20)31-26(5,15-35-22(33)25(2,3)4)18-9-7-10-19(27)12-18/h6-12,14,28H,13,15H2,1-5H3,(H2,29,30,31). The number of carbonyl (C=O) groups excluding carboxylic acids is 1. The number of aryl methyl sites for hydroxylation is 1. The Kier molecular flexibility index (Phi) is 6.51. The molecular formula is C26H30ClN5O3. The number of aromatic nitrogens is 3. The summed E-state index contributed by atoms with van der Waals surface area (Å²) >= 11 is 6.28. The number of imidazole rings is 1. The van der Waals surface area contributed by atoms with Crippen LogP contribution in [0.5, 0.6) is 0 Å². The Balaban J connectivity index is 1.68. The normalized spacial score (nSPS) is 13.5. The zero-order valence-corrected chi connectivity index (χ0v) is 21.3. The minimum Gasteiger partial charge on any atom is -0.462 e. The lowest BCUT2D eigenvalue weighted by molar-refractivity contribution is -0.154. The summed E-state index contributed by atoms with van der Waals surface area (Å²) < 4.78 is 12.7.